The predicted molar refractivity (Wildman–Crippen MR) is 101 cm³/mol. The summed E-state index contributed by atoms with van der Waals surface area (Å²) in [5.74, 6) is 0. The van der Waals surface area contributed by atoms with Gasteiger partial charge in [0.15, 0.2) is 5.11 Å². The fraction of sp³-hybridized carbons (Fsp3) is 0.167. The number of hydrogen-bond acceptors (Lipinski definition) is 2. The highest BCUT2D eigenvalue weighted by atomic mass is 35.5. The molecule has 1 unspecified atom stereocenters. The van der Waals surface area contributed by atoms with Crippen LogP contribution in [-0.4, -0.2) is 21.7 Å². The van der Waals surface area contributed by atoms with Gasteiger partial charge in [0.25, 0.3) is 0 Å². The summed E-state index contributed by atoms with van der Waals surface area (Å²) < 4.78 is 0. The van der Waals surface area contributed by atoms with Gasteiger partial charge in [-0.2, -0.15) is 0 Å². The number of fused-ring (bicyclic) bond motifs is 1. The molecule has 118 valence electrons. The molecule has 0 fully saturated rings. The van der Waals surface area contributed by atoms with Gasteiger partial charge in [-0.1, -0.05) is 60.1 Å². The first-order chi connectivity index (χ1) is 11.1. The SMILES string of the molecule is NC(=S)NC1(Cl)C=CC=CN1CCc1ccc2ccccc2c1. The van der Waals surface area contributed by atoms with Crippen molar-refractivity contribution in [2.24, 2.45) is 5.73 Å². The lowest BCUT2D eigenvalue weighted by Gasteiger charge is -2.38. The van der Waals surface area contributed by atoms with Crippen LogP contribution in [0.5, 0.6) is 0 Å². The number of thiocarbonyl (C=S) groups is 1. The Morgan fingerprint density at radius 3 is 2.74 bits per heavy atom. The average molecular weight is 344 g/mol. The van der Waals surface area contributed by atoms with Crippen LogP contribution in [0.25, 0.3) is 10.8 Å². The van der Waals surface area contributed by atoms with E-state index in [0.29, 0.717) is 0 Å². The van der Waals surface area contributed by atoms with Crippen molar-refractivity contribution in [3.63, 3.8) is 0 Å². The molecule has 5 heteroatoms. The molecule has 0 saturated carbocycles. The van der Waals surface area contributed by atoms with Crippen LogP contribution in [-0.2, 0) is 6.42 Å². The van der Waals surface area contributed by atoms with E-state index >= 15 is 0 Å². The largest absolute Gasteiger partial charge is 0.376 e. The summed E-state index contributed by atoms with van der Waals surface area (Å²) in [6.07, 6.45) is 8.48. The quantitative estimate of drug-likeness (QED) is 0.506. The van der Waals surface area contributed by atoms with Gasteiger partial charge in [0.2, 0.25) is 5.12 Å². The number of alkyl halides is 1. The van der Waals surface area contributed by atoms with Crippen molar-refractivity contribution in [2.75, 3.05) is 6.54 Å². The number of benzene rings is 2. The zero-order valence-corrected chi connectivity index (χ0v) is 14.1. The van der Waals surface area contributed by atoms with Gasteiger partial charge in [-0.15, -0.1) is 0 Å². The lowest BCUT2D eigenvalue weighted by molar-refractivity contribution is 0.264. The van der Waals surface area contributed by atoms with Crippen LogP contribution in [0, 0.1) is 0 Å². The third kappa shape index (κ3) is 3.66. The molecule has 3 nitrogen and oxygen atoms in total. The molecule has 1 aliphatic heterocycles. The predicted octanol–water partition coefficient (Wildman–Crippen LogP) is 3.49. The van der Waals surface area contributed by atoms with Gasteiger partial charge < -0.3 is 16.0 Å². The maximum atomic E-state index is 6.61. The van der Waals surface area contributed by atoms with Gasteiger partial charge in [0, 0.05) is 12.7 Å². The molecule has 0 spiro atoms. The molecule has 0 amide bonds. The van der Waals surface area contributed by atoms with Crippen molar-refractivity contribution < 1.29 is 0 Å². The second-order valence-corrected chi connectivity index (χ2v) is 6.50. The second-order valence-electron chi connectivity index (χ2n) is 5.49. The standard InChI is InChI=1S/C18H18ClN3S/c19-18(21-17(20)23)10-3-4-11-22(18)12-9-14-7-8-15-5-1-2-6-16(15)13-14/h1-8,10-11,13H,9,12H2,(H3,20,21,23). The molecule has 2 aromatic carbocycles. The van der Waals surface area contributed by atoms with Crippen LogP contribution >= 0.6 is 23.8 Å². The van der Waals surface area contributed by atoms with Gasteiger partial charge in [-0.25, -0.2) is 0 Å². The minimum atomic E-state index is -0.905. The summed E-state index contributed by atoms with van der Waals surface area (Å²) in [7, 11) is 0. The lowest BCUT2D eigenvalue weighted by Crippen LogP contribution is -2.56. The molecule has 0 saturated heterocycles. The Labute approximate surface area is 146 Å². The number of rotatable bonds is 4. The van der Waals surface area contributed by atoms with E-state index in [0.717, 1.165) is 13.0 Å². The van der Waals surface area contributed by atoms with Crippen LogP contribution in [0.3, 0.4) is 0 Å². The van der Waals surface area contributed by atoms with Gasteiger partial charge >= 0.3 is 0 Å². The topological polar surface area (TPSA) is 41.3 Å². The van der Waals surface area contributed by atoms with Gasteiger partial charge in [0.05, 0.1) is 0 Å². The van der Waals surface area contributed by atoms with E-state index < -0.39 is 5.12 Å². The Hall–Kier alpha value is -2.04. The number of halogens is 1. The monoisotopic (exact) mass is 343 g/mol. The lowest BCUT2D eigenvalue weighted by atomic mass is 10.0. The van der Waals surface area contributed by atoms with Crippen molar-refractivity contribution in [1.82, 2.24) is 10.2 Å². The summed E-state index contributed by atoms with van der Waals surface area (Å²) in [5, 5.41) is 4.70. The van der Waals surface area contributed by atoms with Crippen LogP contribution in [0.1, 0.15) is 5.56 Å². The highest BCUT2D eigenvalue weighted by molar-refractivity contribution is 7.80. The normalized spacial score (nSPS) is 20.0. The Kier molecular flexibility index (Phi) is 4.55. The van der Waals surface area contributed by atoms with Crippen LogP contribution < -0.4 is 11.1 Å². The molecular weight excluding hydrogens is 326 g/mol. The fourth-order valence-electron chi connectivity index (χ4n) is 2.71. The number of nitrogens with one attached hydrogen (secondary N) is 1. The molecule has 0 radical (unpaired) electrons. The Bertz CT molecular complexity index is 787. The number of nitrogens with zero attached hydrogens (tertiary/aromatic N) is 1. The van der Waals surface area contributed by atoms with E-state index in [9.17, 15) is 0 Å². The van der Waals surface area contributed by atoms with E-state index in [1.165, 1.54) is 16.3 Å². The van der Waals surface area contributed by atoms with Crippen molar-refractivity contribution in [3.05, 3.63) is 72.5 Å². The maximum Gasteiger partial charge on any atom is 0.210 e. The first kappa shape index (κ1) is 15.8. The molecule has 2 aromatic rings. The fourth-order valence-corrected chi connectivity index (χ4v) is 3.24. The molecule has 3 rings (SSSR count). The number of nitrogens with two attached hydrogens (primary N) is 1. The minimum absolute atomic E-state index is 0.177. The first-order valence-corrected chi connectivity index (χ1v) is 8.22. The number of hydrogen-bond donors (Lipinski definition) is 2. The second kappa shape index (κ2) is 6.60. The van der Waals surface area contributed by atoms with Crippen molar-refractivity contribution in [3.8, 4) is 0 Å². The summed E-state index contributed by atoms with van der Waals surface area (Å²) >= 11 is 11.5. The molecule has 23 heavy (non-hydrogen) atoms. The Morgan fingerprint density at radius 2 is 1.96 bits per heavy atom. The van der Waals surface area contributed by atoms with E-state index in [-0.39, 0.29) is 5.11 Å². The first-order valence-electron chi connectivity index (χ1n) is 7.44. The highest BCUT2D eigenvalue weighted by Crippen LogP contribution is 2.24. The van der Waals surface area contributed by atoms with E-state index in [2.05, 4.69) is 47.8 Å². The molecule has 0 aromatic heterocycles. The molecule has 1 heterocycles. The van der Waals surface area contributed by atoms with Crippen molar-refractivity contribution >= 4 is 39.7 Å². The summed E-state index contributed by atoms with van der Waals surface area (Å²) in [5.41, 5.74) is 6.86. The average Bonchev–Trinajstić information content (AvgIpc) is 2.53. The van der Waals surface area contributed by atoms with Gasteiger partial charge in [-0.3, -0.25) is 0 Å². The van der Waals surface area contributed by atoms with E-state index in [1.807, 2.05) is 29.3 Å². The minimum Gasteiger partial charge on any atom is -0.376 e. The number of allylic oxidation sites excluding steroid dienone is 2. The summed E-state index contributed by atoms with van der Waals surface area (Å²) in [4.78, 5) is 1.99. The molecule has 0 aliphatic carbocycles. The summed E-state index contributed by atoms with van der Waals surface area (Å²) in [6.45, 7) is 0.748. The van der Waals surface area contributed by atoms with Crippen molar-refractivity contribution in [1.29, 1.82) is 0 Å². The smallest absolute Gasteiger partial charge is 0.210 e. The Morgan fingerprint density at radius 1 is 1.17 bits per heavy atom. The molecule has 1 aliphatic rings. The van der Waals surface area contributed by atoms with Gasteiger partial charge in [0.1, 0.15) is 0 Å². The maximum absolute atomic E-state index is 6.61. The zero-order chi connectivity index (χ0) is 16.3. The highest BCUT2D eigenvalue weighted by Gasteiger charge is 2.31. The Balaban J connectivity index is 1.73. The third-order valence-electron chi connectivity index (χ3n) is 3.87. The summed E-state index contributed by atoms with van der Waals surface area (Å²) in [6, 6.07) is 14.9. The van der Waals surface area contributed by atoms with E-state index in [1.54, 1.807) is 0 Å². The molecular formula is C18H18ClN3S. The zero-order valence-electron chi connectivity index (χ0n) is 12.6. The molecule has 0 bridgehead atoms. The van der Waals surface area contributed by atoms with Crippen molar-refractivity contribution in [2.45, 2.75) is 11.5 Å². The van der Waals surface area contributed by atoms with Crippen LogP contribution in [0.4, 0.5) is 0 Å². The van der Waals surface area contributed by atoms with Crippen LogP contribution in [0.2, 0.25) is 0 Å². The molecule has 1 atom stereocenters. The van der Waals surface area contributed by atoms with E-state index in [4.69, 9.17) is 29.6 Å². The van der Waals surface area contributed by atoms with Crippen LogP contribution in [0.15, 0.2) is 66.9 Å². The third-order valence-corrected chi connectivity index (χ3v) is 4.41. The van der Waals surface area contributed by atoms with Gasteiger partial charge in [-0.05, 0) is 47.1 Å². The molecule has 3 N–H and O–H groups in total.